The first-order valence-corrected chi connectivity index (χ1v) is 8.28. The largest absolute Gasteiger partial charge is 0.306 e. The maximum absolute atomic E-state index is 3.67. The van der Waals surface area contributed by atoms with E-state index in [1.807, 2.05) is 11.3 Å². The third-order valence-corrected chi connectivity index (χ3v) is 4.76. The summed E-state index contributed by atoms with van der Waals surface area (Å²) in [5, 5.41) is 3.67. The number of thiophene rings is 1. The second kappa shape index (κ2) is 6.69. The van der Waals surface area contributed by atoms with Crippen molar-refractivity contribution >= 4 is 27.3 Å². The summed E-state index contributed by atoms with van der Waals surface area (Å²) >= 11 is 5.46. The van der Waals surface area contributed by atoms with E-state index in [1.165, 1.54) is 20.9 Å². The van der Waals surface area contributed by atoms with Gasteiger partial charge in [-0.3, -0.25) is 0 Å². The molecule has 1 aromatic heterocycles. The van der Waals surface area contributed by atoms with Gasteiger partial charge in [0, 0.05) is 14.2 Å². The van der Waals surface area contributed by atoms with Gasteiger partial charge in [-0.15, -0.1) is 11.3 Å². The smallest absolute Gasteiger partial charge is 0.0674 e. The van der Waals surface area contributed by atoms with E-state index < -0.39 is 0 Å². The lowest BCUT2D eigenvalue weighted by Crippen LogP contribution is -2.23. The fourth-order valence-electron chi connectivity index (χ4n) is 2.18. The van der Waals surface area contributed by atoms with Crippen LogP contribution in [-0.2, 0) is 0 Å². The van der Waals surface area contributed by atoms with E-state index in [0.717, 1.165) is 17.4 Å². The maximum atomic E-state index is 3.67. The van der Waals surface area contributed by atoms with Crippen molar-refractivity contribution in [3.63, 3.8) is 0 Å². The molecule has 3 heteroatoms. The second-order valence-electron chi connectivity index (χ2n) is 4.84. The third kappa shape index (κ3) is 3.68. The molecule has 1 unspecified atom stereocenters. The average molecular weight is 338 g/mol. The average Bonchev–Trinajstić information content (AvgIpc) is 2.80. The summed E-state index contributed by atoms with van der Waals surface area (Å²) in [4.78, 5) is 2.76. The molecule has 1 nitrogen and oxygen atoms in total. The quantitative estimate of drug-likeness (QED) is 0.788. The standard InChI is InChI=1S/C16H20BrNS/c1-4-9-18-16(15-8-6-12(3)19-15)14-10-13(17)7-5-11(14)2/h5-8,10,16,18H,4,9H2,1-3H3. The lowest BCUT2D eigenvalue weighted by molar-refractivity contribution is 0.603. The molecule has 0 radical (unpaired) electrons. The Hall–Kier alpha value is -0.640. The van der Waals surface area contributed by atoms with Gasteiger partial charge in [-0.1, -0.05) is 28.9 Å². The number of aryl methyl sites for hydroxylation is 2. The number of hydrogen-bond acceptors (Lipinski definition) is 2. The van der Waals surface area contributed by atoms with Gasteiger partial charge in [0.2, 0.25) is 0 Å². The number of benzene rings is 1. The van der Waals surface area contributed by atoms with Crippen LogP contribution in [0.2, 0.25) is 0 Å². The molecule has 2 rings (SSSR count). The Morgan fingerprint density at radius 1 is 1.21 bits per heavy atom. The van der Waals surface area contributed by atoms with Crippen LogP contribution in [0.1, 0.15) is 40.3 Å². The van der Waals surface area contributed by atoms with Gasteiger partial charge >= 0.3 is 0 Å². The van der Waals surface area contributed by atoms with E-state index in [2.05, 4.69) is 72.3 Å². The Kier molecular flexibility index (Phi) is 5.20. The highest BCUT2D eigenvalue weighted by molar-refractivity contribution is 9.10. The van der Waals surface area contributed by atoms with Crippen molar-refractivity contribution in [1.29, 1.82) is 0 Å². The molecule has 0 amide bonds. The van der Waals surface area contributed by atoms with Gasteiger partial charge in [-0.25, -0.2) is 0 Å². The maximum Gasteiger partial charge on any atom is 0.0674 e. The summed E-state index contributed by atoms with van der Waals surface area (Å²) in [6.45, 7) is 7.59. The van der Waals surface area contributed by atoms with Crippen LogP contribution in [0.3, 0.4) is 0 Å². The van der Waals surface area contributed by atoms with Gasteiger partial charge in [-0.05, 0) is 62.2 Å². The van der Waals surface area contributed by atoms with Crippen molar-refractivity contribution in [2.24, 2.45) is 0 Å². The fourth-order valence-corrected chi connectivity index (χ4v) is 3.53. The Bertz CT molecular complexity index is 547. The predicted molar refractivity (Wildman–Crippen MR) is 88.1 cm³/mol. The molecule has 0 saturated carbocycles. The van der Waals surface area contributed by atoms with E-state index in [0.29, 0.717) is 6.04 Å². The van der Waals surface area contributed by atoms with E-state index in [1.54, 1.807) is 0 Å². The van der Waals surface area contributed by atoms with E-state index in [9.17, 15) is 0 Å². The van der Waals surface area contributed by atoms with Crippen LogP contribution in [0.5, 0.6) is 0 Å². The lowest BCUT2D eigenvalue weighted by atomic mass is 10.00. The van der Waals surface area contributed by atoms with Crippen molar-refractivity contribution in [2.45, 2.75) is 33.2 Å². The van der Waals surface area contributed by atoms with Crippen molar-refractivity contribution in [2.75, 3.05) is 6.54 Å². The fraction of sp³-hybridized carbons (Fsp3) is 0.375. The SMILES string of the molecule is CCCNC(c1ccc(C)s1)c1cc(Br)ccc1C. The topological polar surface area (TPSA) is 12.0 Å². The van der Waals surface area contributed by atoms with Gasteiger partial charge in [0.15, 0.2) is 0 Å². The first-order valence-electron chi connectivity index (χ1n) is 6.67. The molecule has 19 heavy (non-hydrogen) atoms. The monoisotopic (exact) mass is 337 g/mol. The number of halogens is 1. The Balaban J connectivity index is 2.39. The highest BCUT2D eigenvalue weighted by atomic mass is 79.9. The van der Waals surface area contributed by atoms with Gasteiger partial charge in [0.25, 0.3) is 0 Å². The van der Waals surface area contributed by atoms with E-state index in [-0.39, 0.29) is 0 Å². The Labute approximate surface area is 128 Å². The number of rotatable bonds is 5. The van der Waals surface area contributed by atoms with Gasteiger partial charge in [0.1, 0.15) is 0 Å². The minimum atomic E-state index is 0.302. The zero-order valence-corrected chi connectivity index (χ0v) is 14.1. The molecule has 0 saturated heterocycles. The van der Waals surface area contributed by atoms with Crippen molar-refractivity contribution < 1.29 is 0 Å². The summed E-state index contributed by atoms with van der Waals surface area (Å²) in [7, 11) is 0. The molecule has 2 aromatic rings. The molecule has 1 atom stereocenters. The minimum absolute atomic E-state index is 0.302. The molecular weight excluding hydrogens is 318 g/mol. The van der Waals surface area contributed by atoms with Crippen LogP contribution < -0.4 is 5.32 Å². The zero-order chi connectivity index (χ0) is 13.8. The van der Waals surface area contributed by atoms with Crippen LogP contribution >= 0.6 is 27.3 Å². The molecule has 0 spiro atoms. The van der Waals surface area contributed by atoms with Crippen LogP contribution in [-0.4, -0.2) is 6.54 Å². The van der Waals surface area contributed by atoms with Crippen LogP contribution in [0.4, 0.5) is 0 Å². The molecular formula is C16H20BrNS. The molecule has 0 aliphatic heterocycles. The van der Waals surface area contributed by atoms with Crippen molar-refractivity contribution in [3.05, 3.63) is 55.7 Å². The van der Waals surface area contributed by atoms with Crippen LogP contribution in [0.15, 0.2) is 34.8 Å². The number of nitrogens with one attached hydrogen (secondary N) is 1. The van der Waals surface area contributed by atoms with Crippen LogP contribution in [0.25, 0.3) is 0 Å². The molecule has 1 N–H and O–H groups in total. The predicted octanol–water partition coefficient (Wildman–Crippen LogP) is 5.22. The van der Waals surface area contributed by atoms with Crippen molar-refractivity contribution in [3.8, 4) is 0 Å². The molecule has 102 valence electrons. The number of hydrogen-bond donors (Lipinski definition) is 1. The van der Waals surface area contributed by atoms with E-state index >= 15 is 0 Å². The Morgan fingerprint density at radius 2 is 2.00 bits per heavy atom. The summed E-state index contributed by atoms with van der Waals surface area (Å²) in [5.41, 5.74) is 2.70. The van der Waals surface area contributed by atoms with Gasteiger partial charge < -0.3 is 5.32 Å². The summed E-state index contributed by atoms with van der Waals surface area (Å²) in [6.07, 6.45) is 1.15. The summed E-state index contributed by atoms with van der Waals surface area (Å²) in [5.74, 6) is 0. The highest BCUT2D eigenvalue weighted by Crippen LogP contribution is 2.31. The molecule has 0 aliphatic carbocycles. The van der Waals surface area contributed by atoms with Crippen LogP contribution in [0, 0.1) is 13.8 Å². The first kappa shape index (κ1) is 14.8. The molecule has 0 aliphatic rings. The molecule has 0 bridgehead atoms. The lowest BCUT2D eigenvalue weighted by Gasteiger charge is -2.20. The zero-order valence-electron chi connectivity index (χ0n) is 11.7. The molecule has 1 aromatic carbocycles. The first-order chi connectivity index (χ1) is 9.11. The third-order valence-electron chi connectivity index (χ3n) is 3.20. The summed E-state index contributed by atoms with van der Waals surface area (Å²) in [6, 6.07) is 11.3. The second-order valence-corrected chi connectivity index (χ2v) is 7.07. The van der Waals surface area contributed by atoms with Gasteiger partial charge in [-0.2, -0.15) is 0 Å². The summed E-state index contributed by atoms with van der Waals surface area (Å²) < 4.78 is 1.14. The molecule has 1 heterocycles. The normalized spacial score (nSPS) is 12.6. The molecule has 0 fully saturated rings. The Morgan fingerprint density at radius 3 is 2.63 bits per heavy atom. The van der Waals surface area contributed by atoms with Gasteiger partial charge in [0.05, 0.1) is 6.04 Å². The highest BCUT2D eigenvalue weighted by Gasteiger charge is 2.17. The van der Waals surface area contributed by atoms with Crippen molar-refractivity contribution in [1.82, 2.24) is 5.32 Å². The van der Waals surface area contributed by atoms with E-state index in [4.69, 9.17) is 0 Å². The minimum Gasteiger partial charge on any atom is -0.306 e.